The largest absolute Gasteiger partial charge is 0.392 e. The highest BCUT2D eigenvalue weighted by molar-refractivity contribution is 9.10. The standard InChI is InChI=1S/C13H17BrOS/c14-12-6-1-2-7-13(12)16-9-11(15)8-10-4-3-5-10/h1-2,6-7,10-11,15H,3-5,8-9H2. The van der Waals surface area contributed by atoms with E-state index in [-0.39, 0.29) is 6.10 Å². The molecule has 0 saturated heterocycles. The van der Waals surface area contributed by atoms with Gasteiger partial charge in [-0.1, -0.05) is 31.4 Å². The number of rotatable bonds is 5. The van der Waals surface area contributed by atoms with Crippen molar-refractivity contribution in [3.05, 3.63) is 28.7 Å². The maximum absolute atomic E-state index is 9.90. The minimum atomic E-state index is -0.151. The lowest BCUT2D eigenvalue weighted by molar-refractivity contribution is 0.136. The van der Waals surface area contributed by atoms with E-state index >= 15 is 0 Å². The van der Waals surface area contributed by atoms with Gasteiger partial charge in [-0.3, -0.25) is 0 Å². The maximum Gasteiger partial charge on any atom is 0.0636 e. The molecule has 1 aromatic carbocycles. The van der Waals surface area contributed by atoms with E-state index in [4.69, 9.17) is 0 Å². The first-order valence-corrected chi connectivity index (χ1v) is 7.59. The molecule has 1 aliphatic carbocycles. The van der Waals surface area contributed by atoms with Crippen LogP contribution in [-0.4, -0.2) is 17.0 Å². The summed E-state index contributed by atoms with van der Waals surface area (Å²) >= 11 is 5.25. The smallest absolute Gasteiger partial charge is 0.0636 e. The molecule has 1 saturated carbocycles. The monoisotopic (exact) mass is 300 g/mol. The van der Waals surface area contributed by atoms with Crippen LogP contribution in [0.2, 0.25) is 0 Å². The fourth-order valence-corrected chi connectivity index (χ4v) is 3.45. The number of hydrogen-bond acceptors (Lipinski definition) is 2. The van der Waals surface area contributed by atoms with Crippen molar-refractivity contribution in [2.75, 3.05) is 5.75 Å². The fraction of sp³-hybridized carbons (Fsp3) is 0.538. The van der Waals surface area contributed by atoms with Crippen LogP contribution >= 0.6 is 27.7 Å². The number of hydrogen-bond donors (Lipinski definition) is 1. The van der Waals surface area contributed by atoms with Crippen LogP contribution in [0.15, 0.2) is 33.6 Å². The van der Waals surface area contributed by atoms with E-state index in [0.29, 0.717) is 0 Å². The molecule has 1 unspecified atom stereocenters. The lowest BCUT2D eigenvalue weighted by atomic mass is 9.82. The van der Waals surface area contributed by atoms with Gasteiger partial charge in [0.2, 0.25) is 0 Å². The first-order chi connectivity index (χ1) is 7.75. The second kappa shape index (κ2) is 6.08. The van der Waals surface area contributed by atoms with Crippen molar-refractivity contribution in [2.24, 2.45) is 5.92 Å². The van der Waals surface area contributed by atoms with E-state index in [1.807, 2.05) is 18.2 Å². The molecule has 2 rings (SSSR count). The Morgan fingerprint density at radius 2 is 2.12 bits per heavy atom. The van der Waals surface area contributed by atoms with Gasteiger partial charge < -0.3 is 5.11 Å². The topological polar surface area (TPSA) is 20.2 Å². The Hall–Kier alpha value is 0.01000. The summed E-state index contributed by atoms with van der Waals surface area (Å²) in [5.41, 5.74) is 0. The molecule has 16 heavy (non-hydrogen) atoms. The molecule has 3 heteroatoms. The third kappa shape index (κ3) is 3.51. The normalized spacial score (nSPS) is 18.1. The fourth-order valence-electron chi connectivity index (χ4n) is 1.93. The first kappa shape index (κ1) is 12.5. The van der Waals surface area contributed by atoms with Crippen molar-refractivity contribution in [1.82, 2.24) is 0 Å². The molecule has 0 radical (unpaired) electrons. The average molecular weight is 301 g/mol. The van der Waals surface area contributed by atoms with Crippen LogP contribution in [0.1, 0.15) is 25.7 Å². The maximum atomic E-state index is 9.90. The van der Waals surface area contributed by atoms with Crippen LogP contribution in [0, 0.1) is 5.92 Å². The Kier molecular flexibility index (Phi) is 4.74. The summed E-state index contributed by atoms with van der Waals surface area (Å²) in [5.74, 6) is 1.59. The van der Waals surface area contributed by atoms with E-state index < -0.39 is 0 Å². The van der Waals surface area contributed by atoms with Crippen LogP contribution < -0.4 is 0 Å². The van der Waals surface area contributed by atoms with Gasteiger partial charge in [0.15, 0.2) is 0 Å². The number of aliphatic hydroxyl groups is 1. The van der Waals surface area contributed by atoms with E-state index in [9.17, 15) is 5.11 Å². The van der Waals surface area contributed by atoms with Crippen molar-refractivity contribution >= 4 is 27.7 Å². The van der Waals surface area contributed by atoms with Crippen LogP contribution in [0.25, 0.3) is 0 Å². The molecule has 0 amide bonds. The second-order valence-electron chi connectivity index (χ2n) is 4.43. The Morgan fingerprint density at radius 1 is 1.38 bits per heavy atom. The van der Waals surface area contributed by atoms with Crippen molar-refractivity contribution in [3.8, 4) is 0 Å². The molecular weight excluding hydrogens is 284 g/mol. The van der Waals surface area contributed by atoms with E-state index in [1.54, 1.807) is 11.8 Å². The zero-order valence-corrected chi connectivity index (χ0v) is 11.6. The summed E-state index contributed by atoms with van der Waals surface area (Å²) in [7, 11) is 0. The van der Waals surface area contributed by atoms with Crippen molar-refractivity contribution < 1.29 is 5.11 Å². The summed E-state index contributed by atoms with van der Waals surface area (Å²) in [6.07, 6.45) is 4.82. The average Bonchev–Trinajstić information content (AvgIpc) is 2.22. The van der Waals surface area contributed by atoms with Crippen LogP contribution in [-0.2, 0) is 0 Å². The summed E-state index contributed by atoms with van der Waals surface area (Å²) in [5, 5.41) is 9.90. The molecule has 88 valence electrons. The molecule has 1 atom stereocenters. The minimum Gasteiger partial charge on any atom is -0.392 e. The zero-order valence-electron chi connectivity index (χ0n) is 9.23. The second-order valence-corrected chi connectivity index (χ2v) is 6.34. The van der Waals surface area contributed by atoms with Crippen LogP contribution in [0.3, 0.4) is 0 Å². The summed E-state index contributed by atoms with van der Waals surface area (Å²) < 4.78 is 1.12. The Labute approximate surface area is 110 Å². The quantitative estimate of drug-likeness (QED) is 0.827. The number of thioether (sulfide) groups is 1. The third-order valence-corrected chi connectivity index (χ3v) is 5.27. The van der Waals surface area contributed by atoms with E-state index in [1.165, 1.54) is 24.2 Å². The highest BCUT2D eigenvalue weighted by atomic mass is 79.9. The SMILES string of the molecule is OC(CSc1ccccc1Br)CC1CCC1. The molecule has 0 spiro atoms. The third-order valence-electron chi connectivity index (χ3n) is 3.10. The van der Waals surface area contributed by atoms with Crippen molar-refractivity contribution in [1.29, 1.82) is 0 Å². The minimum absolute atomic E-state index is 0.151. The Morgan fingerprint density at radius 3 is 2.75 bits per heavy atom. The molecule has 0 aliphatic heterocycles. The van der Waals surface area contributed by atoms with Gasteiger partial charge in [-0.05, 0) is 40.4 Å². The van der Waals surface area contributed by atoms with Crippen molar-refractivity contribution in [3.63, 3.8) is 0 Å². The van der Waals surface area contributed by atoms with Gasteiger partial charge in [0.1, 0.15) is 0 Å². The highest BCUT2D eigenvalue weighted by Gasteiger charge is 2.20. The van der Waals surface area contributed by atoms with E-state index in [2.05, 4.69) is 22.0 Å². The van der Waals surface area contributed by atoms with Gasteiger partial charge in [0, 0.05) is 15.1 Å². The summed E-state index contributed by atoms with van der Waals surface area (Å²) in [6, 6.07) is 8.18. The molecule has 1 aromatic rings. The van der Waals surface area contributed by atoms with Gasteiger partial charge >= 0.3 is 0 Å². The predicted molar refractivity (Wildman–Crippen MR) is 72.8 cm³/mol. The zero-order chi connectivity index (χ0) is 11.4. The lowest BCUT2D eigenvalue weighted by Crippen LogP contribution is -2.20. The predicted octanol–water partition coefficient (Wildman–Crippen LogP) is 4.09. The number of aliphatic hydroxyl groups excluding tert-OH is 1. The van der Waals surface area contributed by atoms with Gasteiger partial charge in [-0.25, -0.2) is 0 Å². The lowest BCUT2D eigenvalue weighted by Gasteiger charge is -2.27. The molecule has 0 aromatic heterocycles. The van der Waals surface area contributed by atoms with Gasteiger partial charge in [0.25, 0.3) is 0 Å². The van der Waals surface area contributed by atoms with Crippen LogP contribution in [0.5, 0.6) is 0 Å². The molecular formula is C13H17BrOS. The highest BCUT2D eigenvalue weighted by Crippen LogP contribution is 2.33. The molecule has 1 fully saturated rings. The molecule has 0 bridgehead atoms. The Balaban J connectivity index is 1.75. The van der Waals surface area contributed by atoms with Crippen LogP contribution in [0.4, 0.5) is 0 Å². The molecule has 1 aliphatic rings. The molecule has 0 heterocycles. The van der Waals surface area contributed by atoms with Gasteiger partial charge in [0.05, 0.1) is 6.10 Å². The van der Waals surface area contributed by atoms with Gasteiger partial charge in [-0.2, -0.15) is 0 Å². The molecule has 1 nitrogen and oxygen atoms in total. The number of benzene rings is 1. The molecule has 1 N–H and O–H groups in total. The van der Waals surface area contributed by atoms with Crippen molar-refractivity contribution in [2.45, 2.75) is 36.7 Å². The Bertz CT molecular complexity index is 338. The summed E-state index contributed by atoms with van der Waals surface area (Å²) in [6.45, 7) is 0. The first-order valence-electron chi connectivity index (χ1n) is 5.81. The number of halogens is 1. The summed E-state index contributed by atoms with van der Waals surface area (Å²) in [4.78, 5) is 1.22. The van der Waals surface area contributed by atoms with E-state index in [0.717, 1.165) is 22.6 Å². The van der Waals surface area contributed by atoms with Gasteiger partial charge in [-0.15, -0.1) is 11.8 Å².